The Balaban J connectivity index is 1.53. The topological polar surface area (TPSA) is 60.2 Å². The zero-order valence-electron chi connectivity index (χ0n) is 13.4. The number of alkyl halides is 2. The number of piperidine rings is 2. The lowest BCUT2D eigenvalue weighted by Crippen LogP contribution is -2.47. The Hall–Kier alpha value is -2.23. The fourth-order valence-corrected chi connectivity index (χ4v) is 3.34. The molecule has 24 heavy (non-hydrogen) atoms. The third-order valence-corrected chi connectivity index (χ3v) is 4.88. The molecule has 0 aliphatic carbocycles. The minimum Gasteiger partial charge on any atom is -0.370 e. The Bertz CT molecular complexity index is 623. The molecule has 0 bridgehead atoms. The molecular weight excluding hydrogens is 314 g/mol. The molecule has 1 aromatic heterocycles. The van der Waals surface area contributed by atoms with Gasteiger partial charge in [-0.05, 0) is 25.0 Å². The number of carbonyl (C=O) groups is 1. The number of hydrogen-bond donors (Lipinski definition) is 0. The van der Waals surface area contributed by atoms with Crippen molar-refractivity contribution >= 4 is 11.6 Å². The number of likely N-dealkylation sites (tertiary alicyclic amines) is 1. The summed E-state index contributed by atoms with van der Waals surface area (Å²) in [6, 6.07) is 5.53. The van der Waals surface area contributed by atoms with Crippen LogP contribution in [0.1, 0.15) is 31.4 Å². The SMILES string of the molecule is N#Cc1ccc(N2CCC(C(=O)N3CCC(F)(F)CC3)CC2)cn1. The van der Waals surface area contributed by atoms with E-state index in [-0.39, 0.29) is 37.8 Å². The molecule has 2 aliphatic heterocycles. The van der Waals surface area contributed by atoms with E-state index >= 15 is 0 Å². The number of halogens is 2. The van der Waals surface area contributed by atoms with Crippen LogP contribution in [0.15, 0.2) is 18.3 Å². The first kappa shape index (κ1) is 16.6. The summed E-state index contributed by atoms with van der Waals surface area (Å²) in [5.41, 5.74) is 1.32. The van der Waals surface area contributed by atoms with Gasteiger partial charge in [-0.25, -0.2) is 13.8 Å². The maximum atomic E-state index is 13.2. The van der Waals surface area contributed by atoms with Crippen molar-refractivity contribution in [2.45, 2.75) is 31.6 Å². The number of carbonyl (C=O) groups excluding carboxylic acids is 1. The van der Waals surface area contributed by atoms with Crippen molar-refractivity contribution in [1.29, 1.82) is 5.26 Å². The van der Waals surface area contributed by atoms with E-state index in [4.69, 9.17) is 5.26 Å². The van der Waals surface area contributed by atoms with Crippen LogP contribution in [0.3, 0.4) is 0 Å². The fourth-order valence-electron chi connectivity index (χ4n) is 3.34. The zero-order chi connectivity index (χ0) is 17.2. The number of rotatable bonds is 2. The van der Waals surface area contributed by atoms with Gasteiger partial charge in [0.05, 0.1) is 11.9 Å². The van der Waals surface area contributed by atoms with Crippen molar-refractivity contribution in [3.63, 3.8) is 0 Å². The molecule has 1 aromatic rings. The molecule has 7 heteroatoms. The highest BCUT2D eigenvalue weighted by molar-refractivity contribution is 5.79. The van der Waals surface area contributed by atoms with Crippen molar-refractivity contribution in [3.8, 4) is 6.07 Å². The van der Waals surface area contributed by atoms with Gasteiger partial charge in [0.1, 0.15) is 11.8 Å². The second-order valence-corrected chi connectivity index (χ2v) is 6.46. The molecule has 0 atom stereocenters. The van der Waals surface area contributed by atoms with Crippen LogP contribution in [0, 0.1) is 17.2 Å². The average Bonchev–Trinajstić information content (AvgIpc) is 2.61. The number of hydrogen-bond acceptors (Lipinski definition) is 4. The third kappa shape index (κ3) is 3.64. The van der Waals surface area contributed by atoms with Gasteiger partial charge in [0.25, 0.3) is 5.92 Å². The molecule has 2 fully saturated rings. The van der Waals surface area contributed by atoms with Gasteiger partial charge in [0, 0.05) is 44.9 Å². The van der Waals surface area contributed by atoms with E-state index in [0.717, 1.165) is 18.8 Å². The number of pyridine rings is 1. The summed E-state index contributed by atoms with van der Waals surface area (Å²) in [4.78, 5) is 20.3. The zero-order valence-corrected chi connectivity index (χ0v) is 13.4. The molecule has 128 valence electrons. The largest absolute Gasteiger partial charge is 0.370 e. The highest BCUT2D eigenvalue weighted by atomic mass is 19.3. The highest BCUT2D eigenvalue weighted by Gasteiger charge is 2.37. The van der Waals surface area contributed by atoms with E-state index in [9.17, 15) is 13.6 Å². The molecule has 3 heterocycles. The van der Waals surface area contributed by atoms with Crippen LogP contribution in [0.25, 0.3) is 0 Å². The fraction of sp³-hybridized carbons (Fsp3) is 0.588. The van der Waals surface area contributed by atoms with Gasteiger partial charge in [-0.2, -0.15) is 5.26 Å². The second-order valence-electron chi connectivity index (χ2n) is 6.46. The number of anilines is 1. The van der Waals surface area contributed by atoms with Gasteiger partial charge in [-0.3, -0.25) is 4.79 Å². The maximum absolute atomic E-state index is 13.2. The molecule has 0 radical (unpaired) electrons. The van der Waals surface area contributed by atoms with Crippen molar-refractivity contribution in [2.75, 3.05) is 31.1 Å². The van der Waals surface area contributed by atoms with Gasteiger partial charge in [0.15, 0.2) is 0 Å². The molecule has 3 rings (SSSR count). The molecule has 0 spiro atoms. The van der Waals surface area contributed by atoms with Crippen LogP contribution in [-0.4, -0.2) is 47.9 Å². The Morgan fingerprint density at radius 1 is 1.21 bits per heavy atom. The Morgan fingerprint density at radius 2 is 1.88 bits per heavy atom. The van der Waals surface area contributed by atoms with Gasteiger partial charge >= 0.3 is 0 Å². The predicted molar refractivity (Wildman–Crippen MR) is 84.7 cm³/mol. The second kappa shape index (κ2) is 6.71. The van der Waals surface area contributed by atoms with Gasteiger partial charge < -0.3 is 9.80 Å². The lowest BCUT2D eigenvalue weighted by molar-refractivity contribution is -0.142. The quantitative estimate of drug-likeness (QED) is 0.833. The molecule has 0 unspecified atom stereocenters. The molecule has 5 nitrogen and oxygen atoms in total. The number of nitrogens with zero attached hydrogens (tertiary/aromatic N) is 4. The van der Waals surface area contributed by atoms with Crippen LogP contribution in [-0.2, 0) is 4.79 Å². The molecule has 0 aromatic carbocycles. The van der Waals surface area contributed by atoms with E-state index < -0.39 is 5.92 Å². The van der Waals surface area contributed by atoms with Crippen LogP contribution in [0.4, 0.5) is 14.5 Å². The summed E-state index contributed by atoms with van der Waals surface area (Å²) >= 11 is 0. The Labute approximate surface area is 139 Å². The highest BCUT2D eigenvalue weighted by Crippen LogP contribution is 2.30. The number of amides is 1. The van der Waals surface area contributed by atoms with Crippen LogP contribution < -0.4 is 4.90 Å². The lowest BCUT2D eigenvalue weighted by atomic mass is 9.93. The molecule has 1 amide bonds. The maximum Gasteiger partial charge on any atom is 0.251 e. The summed E-state index contributed by atoms with van der Waals surface area (Å²) in [7, 11) is 0. The Kier molecular flexibility index (Phi) is 4.65. The predicted octanol–water partition coefficient (Wildman–Crippen LogP) is 2.43. The summed E-state index contributed by atoms with van der Waals surface area (Å²) < 4.78 is 26.4. The molecule has 2 aliphatic rings. The Morgan fingerprint density at radius 3 is 2.42 bits per heavy atom. The molecule has 0 saturated carbocycles. The van der Waals surface area contributed by atoms with Crippen LogP contribution in [0.5, 0.6) is 0 Å². The summed E-state index contributed by atoms with van der Waals surface area (Å²) in [6.45, 7) is 1.78. The van der Waals surface area contributed by atoms with E-state index in [2.05, 4.69) is 9.88 Å². The first-order valence-electron chi connectivity index (χ1n) is 8.26. The van der Waals surface area contributed by atoms with E-state index in [0.29, 0.717) is 18.5 Å². The molecule has 2 saturated heterocycles. The van der Waals surface area contributed by atoms with Crippen molar-refractivity contribution < 1.29 is 13.6 Å². The van der Waals surface area contributed by atoms with Crippen molar-refractivity contribution in [1.82, 2.24) is 9.88 Å². The van der Waals surface area contributed by atoms with Gasteiger partial charge in [-0.1, -0.05) is 0 Å². The average molecular weight is 334 g/mol. The van der Waals surface area contributed by atoms with E-state index in [1.165, 1.54) is 0 Å². The minimum absolute atomic E-state index is 0.0168. The summed E-state index contributed by atoms with van der Waals surface area (Å²) in [5, 5.41) is 8.78. The van der Waals surface area contributed by atoms with Crippen molar-refractivity contribution in [2.24, 2.45) is 5.92 Å². The van der Waals surface area contributed by atoms with Gasteiger partial charge in [-0.15, -0.1) is 0 Å². The van der Waals surface area contributed by atoms with E-state index in [1.807, 2.05) is 12.1 Å². The summed E-state index contributed by atoms with van der Waals surface area (Å²) in [5.74, 6) is -2.69. The number of aromatic nitrogens is 1. The smallest absolute Gasteiger partial charge is 0.251 e. The number of nitriles is 1. The monoisotopic (exact) mass is 334 g/mol. The normalized spacial score (nSPS) is 21.4. The summed E-state index contributed by atoms with van der Waals surface area (Å²) in [6.07, 6.45) is 2.65. The van der Waals surface area contributed by atoms with E-state index in [1.54, 1.807) is 17.2 Å². The standard InChI is InChI=1S/C17H20F2N4O/c18-17(19)5-9-23(10-6-17)16(24)13-3-7-22(8-4-13)15-2-1-14(11-20)21-12-15/h1-2,12-13H,3-10H2. The van der Waals surface area contributed by atoms with Crippen molar-refractivity contribution in [3.05, 3.63) is 24.0 Å². The lowest BCUT2D eigenvalue weighted by Gasteiger charge is -2.37. The minimum atomic E-state index is -2.62. The molecule has 0 N–H and O–H groups in total. The first-order valence-corrected chi connectivity index (χ1v) is 8.26. The van der Waals surface area contributed by atoms with Crippen LogP contribution in [0.2, 0.25) is 0 Å². The van der Waals surface area contributed by atoms with Crippen LogP contribution >= 0.6 is 0 Å². The third-order valence-electron chi connectivity index (χ3n) is 4.88. The first-order chi connectivity index (χ1) is 11.5. The molecular formula is C17H20F2N4O. The van der Waals surface area contributed by atoms with Gasteiger partial charge in [0.2, 0.25) is 5.91 Å².